The molecule has 3 aliphatic heterocycles. The molecule has 4 heterocycles. The monoisotopic (exact) mass is 629 g/mol. The summed E-state index contributed by atoms with van der Waals surface area (Å²) in [4.78, 5) is 19.2. The summed E-state index contributed by atoms with van der Waals surface area (Å²) in [5.41, 5.74) is 2.77. The van der Waals surface area contributed by atoms with Crippen molar-refractivity contribution in [3.8, 4) is 11.5 Å². The van der Waals surface area contributed by atoms with Crippen LogP contribution in [0.2, 0.25) is 5.02 Å². The van der Waals surface area contributed by atoms with Crippen molar-refractivity contribution in [1.29, 1.82) is 0 Å². The normalized spacial score (nSPS) is 22.5. The number of fused-ring (bicyclic) bond motifs is 1. The molecule has 2 aromatic carbocycles. The smallest absolute Gasteiger partial charge is 0.341 e. The number of esters is 1. The second-order valence-corrected chi connectivity index (χ2v) is 12.3. The average molecular weight is 630 g/mol. The van der Waals surface area contributed by atoms with Crippen LogP contribution in [0.1, 0.15) is 67.4 Å². The minimum atomic E-state index is -1.74. The van der Waals surface area contributed by atoms with Crippen LogP contribution in [0.3, 0.4) is 0 Å². The maximum atomic E-state index is 14.8. The standard InChI is InChI=1S/C33H38ClF2N3O5/c1-4-41-32(40)27(36)17-28-20(2)37-30(39(28)18-23-12-15-42-23)19-38-13-10-21(11-14-38)24-6-5-7-29-31(24)44-33(3,43-29)25-9-8-22(34)16-26(25)35/h5-9,16,21,23,27H,4,10-15,17-19H2,1-3H3/t23-,27?,33-/m0/s1. The summed E-state index contributed by atoms with van der Waals surface area (Å²) in [6.07, 6.45) is 0.953. The molecule has 44 heavy (non-hydrogen) atoms. The minimum absolute atomic E-state index is 0.0573. The van der Waals surface area contributed by atoms with Crippen LogP contribution in [-0.4, -0.2) is 59.0 Å². The summed E-state index contributed by atoms with van der Waals surface area (Å²) in [6.45, 7) is 8.95. The third-order valence-corrected chi connectivity index (χ3v) is 9.11. The van der Waals surface area contributed by atoms with Crippen molar-refractivity contribution in [2.24, 2.45) is 0 Å². The van der Waals surface area contributed by atoms with Gasteiger partial charge in [0, 0.05) is 36.2 Å². The largest absolute Gasteiger partial charge is 0.464 e. The number of para-hydroxylation sites is 1. The van der Waals surface area contributed by atoms with Gasteiger partial charge in [-0.05, 0) is 76.4 Å². The maximum Gasteiger partial charge on any atom is 0.341 e. The number of halogens is 3. The number of piperidine rings is 1. The Labute approximate surface area is 261 Å². The molecule has 0 radical (unpaired) electrons. The van der Waals surface area contributed by atoms with Crippen LogP contribution >= 0.6 is 11.6 Å². The number of hydrogen-bond acceptors (Lipinski definition) is 7. The Bertz CT molecular complexity index is 1520. The first kappa shape index (κ1) is 30.8. The van der Waals surface area contributed by atoms with Gasteiger partial charge in [0.2, 0.25) is 6.17 Å². The molecule has 3 aliphatic rings. The lowest BCUT2D eigenvalue weighted by atomic mass is 9.88. The first-order valence-corrected chi connectivity index (χ1v) is 15.7. The number of hydrogen-bond donors (Lipinski definition) is 0. The van der Waals surface area contributed by atoms with Crippen LogP contribution in [0.25, 0.3) is 0 Å². The van der Waals surface area contributed by atoms with Gasteiger partial charge in [0.25, 0.3) is 5.79 Å². The van der Waals surface area contributed by atoms with Gasteiger partial charge < -0.3 is 23.5 Å². The van der Waals surface area contributed by atoms with Crippen LogP contribution in [0.4, 0.5) is 8.78 Å². The maximum absolute atomic E-state index is 14.8. The zero-order valence-electron chi connectivity index (χ0n) is 25.3. The molecule has 2 fully saturated rings. The second-order valence-electron chi connectivity index (χ2n) is 11.9. The Hall–Kier alpha value is -3.21. The summed E-state index contributed by atoms with van der Waals surface area (Å²) in [5, 5.41) is 0.311. The van der Waals surface area contributed by atoms with Crippen molar-refractivity contribution in [3.05, 3.63) is 75.6 Å². The summed E-state index contributed by atoms with van der Waals surface area (Å²) >= 11 is 5.97. The number of rotatable bonds is 10. The van der Waals surface area contributed by atoms with Crippen LogP contribution in [0.5, 0.6) is 11.5 Å². The zero-order valence-corrected chi connectivity index (χ0v) is 26.0. The molecule has 11 heteroatoms. The van der Waals surface area contributed by atoms with E-state index in [1.165, 1.54) is 6.07 Å². The molecular weight excluding hydrogens is 592 g/mol. The van der Waals surface area contributed by atoms with Gasteiger partial charge in [0.05, 0.1) is 37.1 Å². The molecule has 0 bridgehead atoms. The van der Waals surface area contributed by atoms with E-state index in [1.807, 2.05) is 23.6 Å². The molecule has 1 unspecified atom stereocenters. The Balaban J connectivity index is 1.14. The molecule has 3 aromatic rings. The van der Waals surface area contributed by atoms with Crippen LogP contribution in [0, 0.1) is 12.7 Å². The number of nitrogens with zero attached hydrogens (tertiary/aromatic N) is 3. The van der Waals surface area contributed by atoms with Gasteiger partial charge in [0.1, 0.15) is 11.6 Å². The van der Waals surface area contributed by atoms with Crippen molar-refractivity contribution in [3.63, 3.8) is 0 Å². The van der Waals surface area contributed by atoms with Gasteiger partial charge in [-0.3, -0.25) is 4.90 Å². The number of ether oxygens (including phenoxy) is 4. The Morgan fingerprint density at radius 1 is 1.20 bits per heavy atom. The van der Waals surface area contributed by atoms with Gasteiger partial charge in [-0.1, -0.05) is 23.7 Å². The van der Waals surface area contributed by atoms with Crippen molar-refractivity contribution < 1.29 is 32.5 Å². The Morgan fingerprint density at radius 2 is 1.98 bits per heavy atom. The molecule has 0 saturated carbocycles. The Kier molecular flexibility index (Phi) is 8.86. The molecule has 1 aromatic heterocycles. The van der Waals surface area contributed by atoms with Crippen LogP contribution < -0.4 is 9.47 Å². The molecule has 6 rings (SSSR count). The lowest BCUT2D eigenvalue weighted by molar-refractivity contribution is -0.149. The number of likely N-dealkylation sites (tertiary alicyclic amines) is 1. The third-order valence-electron chi connectivity index (χ3n) is 8.87. The first-order valence-electron chi connectivity index (χ1n) is 15.3. The lowest BCUT2D eigenvalue weighted by Gasteiger charge is -2.33. The highest BCUT2D eigenvalue weighted by Gasteiger charge is 2.43. The fourth-order valence-electron chi connectivity index (χ4n) is 6.42. The van der Waals surface area contributed by atoms with E-state index in [4.69, 9.17) is 35.5 Å². The van der Waals surface area contributed by atoms with Crippen LogP contribution in [-0.2, 0) is 39.6 Å². The highest BCUT2D eigenvalue weighted by atomic mass is 35.5. The van der Waals surface area contributed by atoms with Crippen molar-refractivity contribution >= 4 is 17.6 Å². The number of carbonyl (C=O) groups is 1. The molecule has 2 saturated heterocycles. The second kappa shape index (κ2) is 12.7. The number of imidazole rings is 1. The Morgan fingerprint density at radius 3 is 2.66 bits per heavy atom. The van der Waals surface area contributed by atoms with E-state index in [-0.39, 0.29) is 30.6 Å². The molecule has 236 valence electrons. The average Bonchev–Trinajstić information content (AvgIpc) is 3.46. The topological polar surface area (TPSA) is 75.0 Å². The van der Waals surface area contributed by atoms with E-state index < -0.39 is 23.7 Å². The predicted octanol–water partition coefficient (Wildman–Crippen LogP) is 6.24. The van der Waals surface area contributed by atoms with E-state index in [1.54, 1.807) is 26.0 Å². The fourth-order valence-corrected chi connectivity index (χ4v) is 6.58. The van der Waals surface area contributed by atoms with Crippen molar-refractivity contribution in [1.82, 2.24) is 14.5 Å². The van der Waals surface area contributed by atoms with Gasteiger partial charge >= 0.3 is 5.97 Å². The predicted molar refractivity (Wildman–Crippen MR) is 160 cm³/mol. The van der Waals surface area contributed by atoms with E-state index in [9.17, 15) is 13.6 Å². The SMILES string of the molecule is CCOC(=O)C(F)Cc1c(C)nc(CN2CCC(c3cccc4c3O[C@@](C)(c3ccc(Cl)cc3F)O4)CC2)n1C[C@@H]1CCO1. The van der Waals surface area contributed by atoms with Gasteiger partial charge in [0.15, 0.2) is 11.5 Å². The molecule has 0 amide bonds. The van der Waals surface area contributed by atoms with Gasteiger partial charge in [-0.2, -0.15) is 0 Å². The molecule has 0 spiro atoms. The lowest BCUT2D eigenvalue weighted by Crippen LogP contribution is -2.36. The highest BCUT2D eigenvalue weighted by Crippen LogP contribution is 2.49. The summed E-state index contributed by atoms with van der Waals surface area (Å²) in [5.74, 6) is -0.286. The minimum Gasteiger partial charge on any atom is -0.464 e. The first-order chi connectivity index (χ1) is 21.1. The number of aromatic nitrogens is 2. The van der Waals surface area contributed by atoms with E-state index in [0.717, 1.165) is 56.0 Å². The molecule has 8 nitrogen and oxygen atoms in total. The third kappa shape index (κ3) is 6.17. The van der Waals surface area contributed by atoms with Crippen molar-refractivity contribution in [2.75, 3.05) is 26.3 Å². The van der Waals surface area contributed by atoms with Crippen LogP contribution in [0.15, 0.2) is 36.4 Å². The molecular formula is C33H38ClF2N3O5. The zero-order chi connectivity index (χ0) is 31.0. The number of carbonyl (C=O) groups excluding carboxylic acids is 1. The highest BCUT2D eigenvalue weighted by molar-refractivity contribution is 6.30. The summed E-state index contributed by atoms with van der Waals surface area (Å²) < 4.78 is 54.8. The summed E-state index contributed by atoms with van der Waals surface area (Å²) in [6, 6.07) is 10.3. The van der Waals surface area contributed by atoms with Crippen molar-refractivity contribution in [2.45, 2.75) is 83.5 Å². The van der Waals surface area contributed by atoms with E-state index in [2.05, 4.69) is 11.0 Å². The van der Waals surface area contributed by atoms with E-state index >= 15 is 0 Å². The molecule has 0 aliphatic carbocycles. The number of aryl methyl sites for hydroxylation is 1. The van der Waals surface area contributed by atoms with Gasteiger partial charge in [-0.15, -0.1) is 0 Å². The number of benzene rings is 2. The molecule has 3 atom stereocenters. The molecule has 0 N–H and O–H groups in total. The fraction of sp³-hybridized carbons (Fsp3) is 0.515. The van der Waals surface area contributed by atoms with E-state index in [0.29, 0.717) is 35.3 Å². The van der Waals surface area contributed by atoms with Gasteiger partial charge in [-0.25, -0.2) is 18.6 Å². The summed E-state index contributed by atoms with van der Waals surface area (Å²) in [7, 11) is 0. The quantitative estimate of drug-likeness (QED) is 0.246. The number of alkyl halides is 1.